The molecule has 0 amide bonds. The van der Waals surface area contributed by atoms with E-state index in [4.69, 9.17) is 5.11 Å². The molecule has 2 unspecified atom stereocenters. The van der Waals surface area contributed by atoms with Gasteiger partial charge in [-0.25, -0.2) is 18.0 Å². The molecule has 2 atom stereocenters. The van der Waals surface area contributed by atoms with Crippen LogP contribution in [-0.4, -0.2) is 17.2 Å². The number of alkyl halides is 1. The smallest absolute Gasteiger partial charge is 0.338 e. The van der Waals surface area contributed by atoms with Crippen molar-refractivity contribution in [3.63, 3.8) is 0 Å². The van der Waals surface area contributed by atoms with E-state index in [2.05, 4.69) is 0 Å². The van der Waals surface area contributed by atoms with Crippen LogP contribution in [0.4, 0.5) is 13.2 Å². The van der Waals surface area contributed by atoms with Crippen LogP contribution in [0.5, 0.6) is 0 Å². The first-order valence-corrected chi connectivity index (χ1v) is 4.25. The van der Waals surface area contributed by atoms with Crippen molar-refractivity contribution in [2.24, 2.45) is 0 Å². The van der Waals surface area contributed by atoms with Crippen LogP contribution < -0.4 is 0 Å². The molecule has 1 aromatic carbocycles. The second-order valence-electron chi connectivity index (χ2n) is 3.19. The van der Waals surface area contributed by atoms with E-state index in [1.165, 1.54) is 6.92 Å². The summed E-state index contributed by atoms with van der Waals surface area (Å²) < 4.78 is 38.9. The Bertz CT molecular complexity index is 379. The van der Waals surface area contributed by atoms with Gasteiger partial charge in [0, 0.05) is 5.92 Å². The summed E-state index contributed by atoms with van der Waals surface area (Å²) >= 11 is 0. The molecule has 0 heterocycles. The third kappa shape index (κ3) is 2.49. The van der Waals surface area contributed by atoms with Gasteiger partial charge in [0.05, 0.1) is 0 Å². The Balaban J connectivity index is 3.04. The van der Waals surface area contributed by atoms with Crippen molar-refractivity contribution in [2.75, 3.05) is 0 Å². The molecule has 0 aliphatic rings. The quantitative estimate of drug-likeness (QED) is 0.846. The topological polar surface area (TPSA) is 37.3 Å². The summed E-state index contributed by atoms with van der Waals surface area (Å²) in [6.45, 7) is 1.19. The van der Waals surface area contributed by atoms with E-state index in [1.54, 1.807) is 0 Å². The molecule has 0 saturated heterocycles. The van der Waals surface area contributed by atoms with Gasteiger partial charge in [0.15, 0.2) is 0 Å². The second-order valence-corrected chi connectivity index (χ2v) is 3.19. The standard InChI is InChI=1S/C10H9F3O2/c1-5(9(13)10(14)15)7-4-6(11)2-3-8(7)12/h2-5,9H,1H3,(H,14,15). The van der Waals surface area contributed by atoms with Crippen LogP contribution in [0.15, 0.2) is 18.2 Å². The Labute approximate surface area is 84.3 Å². The Morgan fingerprint density at radius 3 is 2.53 bits per heavy atom. The lowest BCUT2D eigenvalue weighted by atomic mass is 9.96. The zero-order chi connectivity index (χ0) is 11.6. The van der Waals surface area contributed by atoms with Crippen molar-refractivity contribution in [1.29, 1.82) is 0 Å². The lowest BCUT2D eigenvalue weighted by molar-refractivity contribution is -0.143. The van der Waals surface area contributed by atoms with Crippen molar-refractivity contribution in [3.05, 3.63) is 35.4 Å². The van der Waals surface area contributed by atoms with Crippen LogP contribution in [0.1, 0.15) is 18.4 Å². The zero-order valence-electron chi connectivity index (χ0n) is 7.88. The largest absolute Gasteiger partial charge is 0.479 e. The zero-order valence-corrected chi connectivity index (χ0v) is 7.88. The van der Waals surface area contributed by atoms with Crippen molar-refractivity contribution in [3.8, 4) is 0 Å². The number of benzene rings is 1. The number of aliphatic carboxylic acids is 1. The van der Waals surface area contributed by atoms with Crippen LogP contribution >= 0.6 is 0 Å². The third-order valence-corrected chi connectivity index (χ3v) is 2.12. The average Bonchev–Trinajstić information content (AvgIpc) is 2.19. The second kappa shape index (κ2) is 4.33. The van der Waals surface area contributed by atoms with E-state index in [0.29, 0.717) is 0 Å². The van der Waals surface area contributed by atoms with Crippen LogP contribution in [0.3, 0.4) is 0 Å². The Kier molecular flexibility index (Phi) is 3.34. The molecule has 0 fully saturated rings. The molecule has 1 N–H and O–H groups in total. The van der Waals surface area contributed by atoms with Gasteiger partial charge in [0.25, 0.3) is 0 Å². The molecular weight excluding hydrogens is 209 g/mol. The van der Waals surface area contributed by atoms with Crippen LogP contribution in [0, 0.1) is 11.6 Å². The fourth-order valence-electron chi connectivity index (χ4n) is 1.24. The van der Waals surface area contributed by atoms with Gasteiger partial charge in [-0.2, -0.15) is 0 Å². The van der Waals surface area contributed by atoms with Gasteiger partial charge in [0.1, 0.15) is 11.6 Å². The molecule has 1 rings (SSSR count). The normalized spacial score (nSPS) is 14.7. The number of carbonyl (C=O) groups is 1. The molecule has 0 aromatic heterocycles. The number of carboxylic acids is 1. The first kappa shape index (κ1) is 11.6. The highest BCUT2D eigenvalue weighted by Crippen LogP contribution is 2.25. The van der Waals surface area contributed by atoms with Gasteiger partial charge >= 0.3 is 5.97 Å². The maximum atomic E-state index is 13.1. The SMILES string of the molecule is CC(c1cc(F)ccc1F)C(F)C(=O)O. The molecule has 2 nitrogen and oxygen atoms in total. The molecule has 15 heavy (non-hydrogen) atoms. The van der Waals surface area contributed by atoms with Crippen LogP contribution in [-0.2, 0) is 4.79 Å². The maximum absolute atomic E-state index is 13.1. The molecule has 0 saturated carbocycles. The number of hydrogen-bond acceptors (Lipinski definition) is 1. The summed E-state index contributed by atoms with van der Waals surface area (Å²) in [7, 11) is 0. The van der Waals surface area contributed by atoms with Crippen molar-refractivity contribution in [2.45, 2.75) is 19.0 Å². The van der Waals surface area contributed by atoms with E-state index in [-0.39, 0.29) is 5.56 Å². The lowest BCUT2D eigenvalue weighted by Gasteiger charge is -2.14. The molecule has 1 aromatic rings. The third-order valence-electron chi connectivity index (χ3n) is 2.12. The minimum Gasteiger partial charge on any atom is -0.479 e. The predicted molar refractivity (Wildman–Crippen MR) is 47.3 cm³/mol. The molecule has 0 aliphatic carbocycles. The van der Waals surface area contributed by atoms with Crippen molar-refractivity contribution >= 4 is 5.97 Å². The Morgan fingerprint density at radius 1 is 1.40 bits per heavy atom. The number of halogens is 3. The fraction of sp³-hybridized carbons (Fsp3) is 0.300. The van der Waals surface area contributed by atoms with Gasteiger partial charge in [-0.3, -0.25) is 0 Å². The average molecular weight is 218 g/mol. The lowest BCUT2D eigenvalue weighted by Crippen LogP contribution is -2.22. The fourth-order valence-corrected chi connectivity index (χ4v) is 1.24. The predicted octanol–water partition coefficient (Wildman–Crippen LogP) is 2.49. The van der Waals surface area contributed by atoms with Crippen molar-refractivity contribution in [1.82, 2.24) is 0 Å². The molecular formula is C10H9F3O2. The maximum Gasteiger partial charge on any atom is 0.338 e. The number of rotatable bonds is 3. The summed E-state index contributed by atoms with van der Waals surface area (Å²) in [6.07, 6.45) is -2.25. The summed E-state index contributed by atoms with van der Waals surface area (Å²) in [4.78, 5) is 10.3. The van der Waals surface area contributed by atoms with Gasteiger partial charge in [-0.15, -0.1) is 0 Å². The van der Waals surface area contributed by atoms with Crippen molar-refractivity contribution < 1.29 is 23.1 Å². The first-order chi connectivity index (χ1) is 6.93. The Hall–Kier alpha value is -1.52. The summed E-state index contributed by atoms with van der Waals surface area (Å²) in [5.74, 6) is -4.45. The molecule has 0 radical (unpaired) electrons. The highest BCUT2D eigenvalue weighted by Gasteiger charge is 2.27. The van der Waals surface area contributed by atoms with E-state index in [9.17, 15) is 18.0 Å². The number of hydrogen-bond donors (Lipinski definition) is 1. The van der Waals surface area contributed by atoms with E-state index < -0.39 is 29.7 Å². The monoisotopic (exact) mass is 218 g/mol. The molecule has 5 heteroatoms. The minimum absolute atomic E-state index is 0.273. The highest BCUT2D eigenvalue weighted by atomic mass is 19.1. The summed E-state index contributed by atoms with van der Waals surface area (Å²) in [5, 5.41) is 8.38. The van der Waals surface area contributed by atoms with E-state index in [1.807, 2.05) is 0 Å². The van der Waals surface area contributed by atoms with Gasteiger partial charge < -0.3 is 5.11 Å². The van der Waals surface area contributed by atoms with E-state index in [0.717, 1.165) is 18.2 Å². The Morgan fingerprint density at radius 2 is 2.00 bits per heavy atom. The van der Waals surface area contributed by atoms with Gasteiger partial charge in [0.2, 0.25) is 6.17 Å². The molecule has 82 valence electrons. The van der Waals surface area contributed by atoms with Gasteiger partial charge in [-0.05, 0) is 23.8 Å². The summed E-state index contributed by atoms with van der Waals surface area (Å²) in [6, 6.07) is 2.53. The van der Waals surface area contributed by atoms with Crippen LogP contribution in [0.2, 0.25) is 0 Å². The van der Waals surface area contributed by atoms with Crippen LogP contribution in [0.25, 0.3) is 0 Å². The minimum atomic E-state index is -2.25. The molecule has 0 spiro atoms. The highest BCUT2D eigenvalue weighted by molar-refractivity contribution is 5.73. The molecule has 0 bridgehead atoms. The molecule has 0 aliphatic heterocycles. The summed E-state index contributed by atoms with van der Waals surface area (Å²) in [5.41, 5.74) is -0.273. The van der Waals surface area contributed by atoms with E-state index >= 15 is 0 Å². The van der Waals surface area contributed by atoms with Gasteiger partial charge in [-0.1, -0.05) is 6.92 Å². The number of carboxylic acid groups (broad SMARTS) is 1. The first-order valence-electron chi connectivity index (χ1n) is 4.25.